The molecule has 0 unspecified atom stereocenters. The molecule has 2 aromatic rings. The monoisotopic (exact) mass is 330 g/mol. The molecule has 128 valence electrons. The number of carbonyl (C=O) groups is 1. The third kappa shape index (κ3) is 3.91. The molecule has 0 amide bonds. The maximum absolute atomic E-state index is 14.2. The van der Waals surface area contributed by atoms with Crippen LogP contribution in [0.5, 0.6) is 0 Å². The molecule has 1 heterocycles. The molecule has 0 aliphatic rings. The topological polar surface area (TPSA) is 55.1 Å². The first-order valence-electron chi connectivity index (χ1n) is 8.34. The summed E-state index contributed by atoms with van der Waals surface area (Å²) >= 11 is 0. The number of aryl methyl sites for hydroxylation is 1. The summed E-state index contributed by atoms with van der Waals surface area (Å²) in [7, 11) is 0. The highest BCUT2D eigenvalue weighted by Crippen LogP contribution is 2.23. The van der Waals surface area contributed by atoms with Gasteiger partial charge in [0.2, 0.25) is 0 Å². The lowest BCUT2D eigenvalue weighted by Gasteiger charge is -2.08. The van der Waals surface area contributed by atoms with Gasteiger partial charge in [0.1, 0.15) is 17.1 Å². The Balaban J connectivity index is 2.52. The largest absolute Gasteiger partial charge is 0.478 e. The van der Waals surface area contributed by atoms with E-state index in [1.807, 2.05) is 26.0 Å². The van der Waals surface area contributed by atoms with E-state index >= 15 is 0 Å². The summed E-state index contributed by atoms with van der Waals surface area (Å²) < 4.78 is 15.6. The minimum absolute atomic E-state index is 0.213. The van der Waals surface area contributed by atoms with E-state index < -0.39 is 11.8 Å². The van der Waals surface area contributed by atoms with E-state index in [-0.39, 0.29) is 5.56 Å². The van der Waals surface area contributed by atoms with Crippen molar-refractivity contribution in [2.45, 2.75) is 46.0 Å². The third-order valence-corrected chi connectivity index (χ3v) is 3.79. The second kappa shape index (κ2) is 8.43. The molecule has 5 heteroatoms. The lowest BCUT2D eigenvalue weighted by atomic mass is 10.1. The number of aromatic nitrogens is 2. The summed E-state index contributed by atoms with van der Waals surface area (Å²) in [5.41, 5.74) is 1.57. The number of hydrogen-bond acceptors (Lipinski definition) is 2. The van der Waals surface area contributed by atoms with Crippen LogP contribution in [-0.2, 0) is 12.8 Å². The molecule has 4 nitrogen and oxygen atoms in total. The highest BCUT2D eigenvalue weighted by Gasteiger charge is 2.24. The van der Waals surface area contributed by atoms with Crippen LogP contribution in [0.1, 0.15) is 54.9 Å². The Labute approximate surface area is 141 Å². The van der Waals surface area contributed by atoms with Gasteiger partial charge in [-0.15, -0.1) is 0 Å². The molecule has 24 heavy (non-hydrogen) atoms. The maximum Gasteiger partial charge on any atom is 0.339 e. The van der Waals surface area contributed by atoms with Gasteiger partial charge in [0.05, 0.1) is 11.4 Å². The molecule has 0 aliphatic carbocycles. The quantitative estimate of drug-likeness (QED) is 0.722. The van der Waals surface area contributed by atoms with Crippen LogP contribution >= 0.6 is 0 Å². The Bertz CT molecular complexity index is 735. The van der Waals surface area contributed by atoms with Crippen molar-refractivity contribution in [2.24, 2.45) is 0 Å². The molecule has 1 aromatic carbocycles. The smallest absolute Gasteiger partial charge is 0.339 e. The van der Waals surface area contributed by atoms with Crippen LogP contribution in [0.2, 0.25) is 0 Å². The van der Waals surface area contributed by atoms with Crippen molar-refractivity contribution in [3.63, 3.8) is 0 Å². The van der Waals surface area contributed by atoms with E-state index in [2.05, 4.69) is 5.10 Å². The Morgan fingerprint density at radius 3 is 2.62 bits per heavy atom. The zero-order valence-electron chi connectivity index (χ0n) is 14.1. The van der Waals surface area contributed by atoms with Crippen LogP contribution in [0.3, 0.4) is 0 Å². The van der Waals surface area contributed by atoms with Gasteiger partial charge in [-0.1, -0.05) is 44.6 Å². The number of para-hydroxylation sites is 1. The molecule has 0 saturated carbocycles. The van der Waals surface area contributed by atoms with Crippen molar-refractivity contribution in [1.29, 1.82) is 0 Å². The normalized spacial score (nSPS) is 11.3. The SMILES string of the molecule is CC/C=C\CCc1nn(-c2ccccc2F)c(CCC)c1C(=O)O. The first-order valence-corrected chi connectivity index (χ1v) is 8.34. The molecule has 0 spiro atoms. The highest BCUT2D eigenvalue weighted by atomic mass is 19.1. The Morgan fingerprint density at radius 1 is 1.25 bits per heavy atom. The fraction of sp³-hybridized carbons (Fsp3) is 0.368. The Hall–Kier alpha value is -2.43. The van der Waals surface area contributed by atoms with Gasteiger partial charge in [-0.05, 0) is 37.8 Å². The van der Waals surface area contributed by atoms with Crippen LogP contribution in [0, 0.1) is 5.82 Å². The van der Waals surface area contributed by atoms with Crippen LogP contribution in [0.25, 0.3) is 5.69 Å². The lowest BCUT2D eigenvalue weighted by molar-refractivity contribution is 0.0694. The van der Waals surface area contributed by atoms with Gasteiger partial charge in [0.15, 0.2) is 0 Å². The van der Waals surface area contributed by atoms with Crippen molar-refractivity contribution in [2.75, 3.05) is 0 Å². The van der Waals surface area contributed by atoms with Crippen LogP contribution in [0.15, 0.2) is 36.4 Å². The molecule has 1 N–H and O–H groups in total. The van der Waals surface area contributed by atoms with E-state index in [0.717, 1.165) is 12.8 Å². The zero-order valence-corrected chi connectivity index (χ0v) is 14.1. The molecule has 2 rings (SSSR count). The van der Waals surface area contributed by atoms with E-state index in [1.165, 1.54) is 10.7 Å². The number of benzene rings is 1. The van der Waals surface area contributed by atoms with Gasteiger partial charge in [0.25, 0.3) is 0 Å². The van der Waals surface area contributed by atoms with Crippen LogP contribution in [-0.4, -0.2) is 20.9 Å². The first-order chi connectivity index (χ1) is 11.6. The molecule has 0 atom stereocenters. The van der Waals surface area contributed by atoms with E-state index in [0.29, 0.717) is 36.3 Å². The molecular formula is C19H23FN2O2. The van der Waals surface area contributed by atoms with Crippen molar-refractivity contribution < 1.29 is 14.3 Å². The van der Waals surface area contributed by atoms with Gasteiger partial charge in [-0.2, -0.15) is 5.10 Å². The minimum atomic E-state index is -1.00. The maximum atomic E-state index is 14.2. The molecule has 0 aliphatic heterocycles. The summed E-state index contributed by atoms with van der Waals surface area (Å²) in [6, 6.07) is 6.31. The van der Waals surface area contributed by atoms with Crippen molar-refractivity contribution in [3.8, 4) is 5.69 Å². The van der Waals surface area contributed by atoms with Crippen LogP contribution < -0.4 is 0 Å². The predicted molar refractivity (Wildman–Crippen MR) is 92.2 cm³/mol. The predicted octanol–water partition coefficient (Wildman–Crippen LogP) is 4.56. The van der Waals surface area contributed by atoms with Crippen LogP contribution in [0.4, 0.5) is 4.39 Å². The first kappa shape index (κ1) is 17.9. The van der Waals surface area contributed by atoms with Gasteiger partial charge < -0.3 is 5.11 Å². The lowest BCUT2D eigenvalue weighted by Crippen LogP contribution is -2.08. The summed E-state index contributed by atoms with van der Waals surface area (Å²) in [5, 5.41) is 14.1. The molecule has 0 fully saturated rings. The zero-order chi connectivity index (χ0) is 17.5. The van der Waals surface area contributed by atoms with Gasteiger partial charge in [-0.3, -0.25) is 0 Å². The van der Waals surface area contributed by atoms with E-state index in [4.69, 9.17) is 0 Å². The second-order valence-electron chi connectivity index (χ2n) is 5.61. The molecule has 0 saturated heterocycles. The Kier molecular flexibility index (Phi) is 6.29. The van der Waals surface area contributed by atoms with Gasteiger partial charge in [-0.25, -0.2) is 13.9 Å². The fourth-order valence-electron chi connectivity index (χ4n) is 2.72. The summed E-state index contributed by atoms with van der Waals surface area (Å²) in [5.74, 6) is -1.41. The molecular weight excluding hydrogens is 307 g/mol. The number of rotatable bonds is 8. The number of nitrogens with zero attached hydrogens (tertiary/aromatic N) is 2. The average Bonchev–Trinajstić information content (AvgIpc) is 2.91. The summed E-state index contributed by atoms with van der Waals surface area (Å²) in [4.78, 5) is 11.8. The molecule has 0 bridgehead atoms. The number of aromatic carboxylic acids is 1. The summed E-state index contributed by atoms with van der Waals surface area (Å²) in [6.45, 7) is 4.01. The molecule has 0 radical (unpaired) electrons. The number of hydrogen-bond donors (Lipinski definition) is 1. The van der Waals surface area contributed by atoms with Gasteiger partial charge in [0, 0.05) is 0 Å². The fourth-order valence-corrected chi connectivity index (χ4v) is 2.72. The van der Waals surface area contributed by atoms with Gasteiger partial charge >= 0.3 is 5.97 Å². The Morgan fingerprint density at radius 2 is 2.00 bits per heavy atom. The standard InChI is InChI=1S/C19H23FN2O2/c1-3-5-6-7-12-15-18(19(23)24)17(10-4-2)22(21-15)16-13-9-8-11-14(16)20/h5-6,8-9,11,13H,3-4,7,10,12H2,1-2H3,(H,23,24)/b6-5-. The van der Waals surface area contributed by atoms with Crippen molar-refractivity contribution >= 4 is 5.97 Å². The van der Waals surface area contributed by atoms with Crippen molar-refractivity contribution in [1.82, 2.24) is 9.78 Å². The second-order valence-corrected chi connectivity index (χ2v) is 5.61. The van der Waals surface area contributed by atoms with Crippen molar-refractivity contribution in [3.05, 3.63) is 59.2 Å². The average molecular weight is 330 g/mol. The summed E-state index contributed by atoms with van der Waals surface area (Å²) in [6.07, 6.45) is 7.54. The number of allylic oxidation sites excluding steroid dienone is 2. The highest BCUT2D eigenvalue weighted by molar-refractivity contribution is 5.90. The molecule has 1 aromatic heterocycles. The minimum Gasteiger partial charge on any atom is -0.478 e. The van der Waals surface area contributed by atoms with E-state index in [1.54, 1.807) is 18.2 Å². The third-order valence-electron chi connectivity index (χ3n) is 3.79. The number of carboxylic acids is 1. The van der Waals surface area contributed by atoms with E-state index in [9.17, 15) is 14.3 Å². The number of carboxylic acid groups (broad SMARTS) is 1. The number of halogens is 1.